The van der Waals surface area contributed by atoms with Gasteiger partial charge >= 0.3 is 0 Å². The Morgan fingerprint density at radius 3 is 2.82 bits per heavy atom. The molecule has 1 aliphatic carbocycles. The van der Waals surface area contributed by atoms with E-state index in [1.54, 1.807) is 6.07 Å². The van der Waals surface area contributed by atoms with Gasteiger partial charge in [-0.2, -0.15) is 0 Å². The predicted octanol–water partition coefficient (Wildman–Crippen LogP) is 3.91. The van der Waals surface area contributed by atoms with Gasteiger partial charge in [-0.3, -0.25) is 0 Å². The molecule has 0 unspecified atom stereocenters. The average Bonchev–Trinajstić information content (AvgIpc) is 3.06. The van der Waals surface area contributed by atoms with Crippen molar-refractivity contribution in [2.75, 3.05) is 13.1 Å². The summed E-state index contributed by atoms with van der Waals surface area (Å²) in [5.74, 6) is -0.153. The highest BCUT2D eigenvalue weighted by molar-refractivity contribution is 9.10. The molecule has 0 heterocycles. The molecule has 1 aromatic rings. The summed E-state index contributed by atoms with van der Waals surface area (Å²) in [6.45, 7) is 4.31. The maximum absolute atomic E-state index is 13.4. The van der Waals surface area contributed by atoms with E-state index >= 15 is 0 Å². The second kappa shape index (κ2) is 5.49. The van der Waals surface area contributed by atoms with Crippen LogP contribution >= 0.6 is 15.9 Å². The van der Waals surface area contributed by atoms with Crippen LogP contribution < -0.4 is 5.32 Å². The summed E-state index contributed by atoms with van der Waals surface area (Å²) in [7, 11) is 0. The predicted molar refractivity (Wildman–Crippen MR) is 72.6 cm³/mol. The Balaban J connectivity index is 1.98. The zero-order valence-corrected chi connectivity index (χ0v) is 11.8. The van der Waals surface area contributed by atoms with Crippen LogP contribution in [0.1, 0.15) is 31.7 Å². The van der Waals surface area contributed by atoms with Gasteiger partial charge in [-0.1, -0.05) is 19.1 Å². The van der Waals surface area contributed by atoms with Crippen molar-refractivity contribution in [3.8, 4) is 0 Å². The maximum Gasteiger partial charge on any atom is 0.137 e. The molecule has 3 heteroatoms. The molecule has 0 atom stereocenters. The first kappa shape index (κ1) is 13.0. The highest BCUT2D eigenvalue weighted by Crippen LogP contribution is 2.48. The van der Waals surface area contributed by atoms with Crippen LogP contribution in [0.15, 0.2) is 22.7 Å². The molecule has 0 amide bonds. The zero-order chi connectivity index (χ0) is 12.3. The van der Waals surface area contributed by atoms with Gasteiger partial charge in [-0.05, 0) is 65.2 Å². The van der Waals surface area contributed by atoms with Gasteiger partial charge in [0.2, 0.25) is 0 Å². The summed E-state index contributed by atoms with van der Waals surface area (Å²) in [6.07, 6.45) is 4.65. The van der Waals surface area contributed by atoms with E-state index in [9.17, 15) is 4.39 Å². The number of rotatable bonds is 6. The molecule has 0 aliphatic heterocycles. The number of hydrogen-bond acceptors (Lipinski definition) is 1. The molecule has 0 radical (unpaired) electrons. The molecule has 17 heavy (non-hydrogen) atoms. The van der Waals surface area contributed by atoms with E-state index < -0.39 is 0 Å². The van der Waals surface area contributed by atoms with Crippen molar-refractivity contribution in [3.63, 3.8) is 0 Å². The van der Waals surface area contributed by atoms with Crippen molar-refractivity contribution in [3.05, 3.63) is 34.1 Å². The molecule has 94 valence electrons. The molecular formula is C14H19BrFN. The topological polar surface area (TPSA) is 12.0 Å². The second-order valence-electron chi connectivity index (χ2n) is 5.07. The molecule has 0 saturated heterocycles. The summed E-state index contributed by atoms with van der Waals surface area (Å²) in [6, 6.07) is 5.32. The third-order valence-electron chi connectivity index (χ3n) is 3.48. The first-order chi connectivity index (χ1) is 8.17. The van der Waals surface area contributed by atoms with Crippen LogP contribution in [0.25, 0.3) is 0 Å². The van der Waals surface area contributed by atoms with Crippen LogP contribution in [-0.4, -0.2) is 13.1 Å². The Kier molecular flexibility index (Phi) is 4.21. The smallest absolute Gasteiger partial charge is 0.137 e. The zero-order valence-electron chi connectivity index (χ0n) is 10.2. The van der Waals surface area contributed by atoms with Gasteiger partial charge in [0.25, 0.3) is 0 Å². The summed E-state index contributed by atoms with van der Waals surface area (Å²) in [4.78, 5) is 0. The monoisotopic (exact) mass is 299 g/mol. The van der Waals surface area contributed by atoms with Crippen LogP contribution in [-0.2, 0) is 6.42 Å². The molecule has 1 fully saturated rings. The summed E-state index contributed by atoms with van der Waals surface area (Å²) in [5.41, 5.74) is 1.48. The van der Waals surface area contributed by atoms with E-state index in [1.807, 2.05) is 6.07 Å². The van der Waals surface area contributed by atoms with Gasteiger partial charge < -0.3 is 5.32 Å². The number of halogens is 2. The molecule has 0 bridgehead atoms. The van der Waals surface area contributed by atoms with Gasteiger partial charge in [0, 0.05) is 6.54 Å². The van der Waals surface area contributed by atoms with Crippen LogP contribution in [0.4, 0.5) is 4.39 Å². The van der Waals surface area contributed by atoms with Crippen molar-refractivity contribution in [1.82, 2.24) is 5.32 Å². The fourth-order valence-corrected chi connectivity index (χ4v) is 2.62. The van der Waals surface area contributed by atoms with Crippen molar-refractivity contribution < 1.29 is 4.39 Å². The highest BCUT2D eigenvalue weighted by Gasteiger charge is 2.42. The van der Waals surface area contributed by atoms with Gasteiger partial charge in [0.15, 0.2) is 0 Å². The molecular weight excluding hydrogens is 281 g/mol. The van der Waals surface area contributed by atoms with Gasteiger partial charge in [-0.25, -0.2) is 4.39 Å². The standard InChI is InChI=1S/C14H19BrFN/c1-2-8-17-10-14(6-7-14)9-11-4-3-5-12(16)13(11)15/h3-5,17H,2,6-10H2,1H3. The first-order valence-electron chi connectivity index (χ1n) is 6.30. The Morgan fingerprint density at radius 2 is 2.18 bits per heavy atom. The third kappa shape index (κ3) is 3.29. The van der Waals surface area contributed by atoms with E-state index in [4.69, 9.17) is 0 Å². The van der Waals surface area contributed by atoms with E-state index in [-0.39, 0.29) is 5.82 Å². The fraction of sp³-hybridized carbons (Fsp3) is 0.571. The number of nitrogens with one attached hydrogen (secondary N) is 1. The quantitative estimate of drug-likeness (QED) is 0.785. The molecule has 2 rings (SSSR count). The Morgan fingerprint density at radius 1 is 1.41 bits per heavy atom. The van der Waals surface area contributed by atoms with Crippen LogP contribution in [0.5, 0.6) is 0 Å². The minimum absolute atomic E-state index is 0.153. The van der Waals surface area contributed by atoms with E-state index in [0.717, 1.165) is 25.1 Å². The maximum atomic E-state index is 13.4. The fourth-order valence-electron chi connectivity index (χ4n) is 2.21. The van der Waals surface area contributed by atoms with Crippen LogP contribution in [0.3, 0.4) is 0 Å². The lowest BCUT2D eigenvalue weighted by molar-refractivity contribution is 0.453. The van der Waals surface area contributed by atoms with Crippen LogP contribution in [0, 0.1) is 11.2 Å². The lowest BCUT2D eigenvalue weighted by atomic mass is 9.96. The normalized spacial score (nSPS) is 17.1. The molecule has 0 aromatic heterocycles. The lowest BCUT2D eigenvalue weighted by Gasteiger charge is -2.17. The van der Waals surface area contributed by atoms with Crippen molar-refractivity contribution in [2.24, 2.45) is 5.41 Å². The van der Waals surface area contributed by atoms with Gasteiger partial charge in [0.1, 0.15) is 5.82 Å². The molecule has 1 saturated carbocycles. The van der Waals surface area contributed by atoms with Gasteiger partial charge in [0.05, 0.1) is 4.47 Å². The molecule has 1 aliphatic rings. The molecule has 1 N–H and O–H groups in total. The molecule has 0 spiro atoms. The Bertz CT molecular complexity index is 388. The minimum Gasteiger partial charge on any atom is -0.316 e. The summed E-state index contributed by atoms with van der Waals surface area (Å²) < 4.78 is 14.1. The molecule has 1 nitrogen and oxygen atoms in total. The van der Waals surface area contributed by atoms with Crippen molar-refractivity contribution in [2.45, 2.75) is 32.6 Å². The second-order valence-corrected chi connectivity index (χ2v) is 5.86. The molecule has 1 aromatic carbocycles. The largest absolute Gasteiger partial charge is 0.316 e. The van der Waals surface area contributed by atoms with Crippen LogP contribution in [0.2, 0.25) is 0 Å². The number of benzene rings is 1. The SMILES string of the molecule is CCCNCC1(Cc2cccc(F)c2Br)CC1. The van der Waals surface area contributed by atoms with E-state index in [0.29, 0.717) is 9.89 Å². The van der Waals surface area contributed by atoms with E-state index in [2.05, 4.69) is 28.2 Å². The van der Waals surface area contributed by atoms with E-state index in [1.165, 1.54) is 25.3 Å². The first-order valence-corrected chi connectivity index (χ1v) is 7.10. The Hall–Kier alpha value is -0.410. The third-order valence-corrected chi connectivity index (χ3v) is 4.37. The average molecular weight is 300 g/mol. The van der Waals surface area contributed by atoms with Crippen molar-refractivity contribution in [1.29, 1.82) is 0 Å². The summed E-state index contributed by atoms with van der Waals surface area (Å²) in [5, 5.41) is 3.48. The van der Waals surface area contributed by atoms with Gasteiger partial charge in [-0.15, -0.1) is 0 Å². The highest BCUT2D eigenvalue weighted by atomic mass is 79.9. The number of hydrogen-bond donors (Lipinski definition) is 1. The Labute approximate surface area is 111 Å². The summed E-state index contributed by atoms with van der Waals surface area (Å²) >= 11 is 3.35. The lowest BCUT2D eigenvalue weighted by Crippen LogP contribution is -2.26. The van der Waals surface area contributed by atoms with Crippen molar-refractivity contribution >= 4 is 15.9 Å². The minimum atomic E-state index is -0.153.